The Morgan fingerprint density at radius 1 is 1.35 bits per heavy atom. The zero-order valence-corrected chi connectivity index (χ0v) is 9.96. The largest absolute Gasteiger partial charge is 0.360 e. The quantitative estimate of drug-likeness (QED) is 0.871. The van der Waals surface area contributed by atoms with Crippen molar-refractivity contribution in [3.63, 3.8) is 0 Å². The maximum atomic E-state index is 13.2. The number of nitrogens with zero attached hydrogens (tertiary/aromatic N) is 1. The van der Waals surface area contributed by atoms with Gasteiger partial charge in [0.2, 0.25) is 0 Å². The number of fused-ring (bicyclic) bond motifs is 1. The maximum absolute atomic E-state index is 13.2. The van der Waals surface area contributed by atoms with Crippen LogP contribution in [0.25, 0.3) is 10.9 Å². The second-order valence-electron chi connectivity index (χ2n) is 3.87. The van der Waals surface area contributed by atoms with E-state index in [0.29, 0.717) is 24.0 Å². The fraction of sp³-hybridized carbons (Fsp3) is 0.308. The summed E-state index contributed by atoms with van der Waals surface area (Å²) in [5.41, 5.74) is 1.31. The number of nitrogens with one attached hydrogen (secondary N) is 1. The molecule has 2 rings (SSSR count). The molecule has 0 saturated carbocycles. The van der Waals surface area contributed by atoms with Crippen molar-refractivity contribution in [2.24, 2.45) is 0 Å². The van der Waals surface area contributed by atoms with Gasteiger partial charge >= 0.3 is 0 Å². The number of benzene rings is 1. The lowest BCUT2D eigenvalue weighted by molar-refractivity contribution is 0.0775. The Kier molecular flexibility index (Phi) is 3.13. The summed E-state index contributed by atoms with van der Waals surface area (Å²) in [7, 11) is 0. The third kappa shape index (κ3) is 2.02. The summed E-state index contributed by atoms with van der Waals surface area (Å²) >= 11 is 0. The molecule has 1 heterocycles. The van der Waals surface area contributed by atoms with E-state index >= 15 is 0 Å². The Morgan fingerprint density at radius 2 is 2.06 bits per heavy atom. The number of rotatable bonds is 3. The van der Waals surface area contributed by atoms with Crippen LogP contribution in [0.1, 0.15) is 24.2 Å². The summed E-state index contributed by atoms with van der Waals surface area (Å²) in [5, 5.41) is 0.641. The van der Waals surface area contributed by atoms with E-state index < -0.39 is 0 Å². The van der Waals surface area contributed by atoms with E-state index in [9.17, 15) is 9.18 Å². The van der Waals surface area contributed by atoms with Gasteiger partial charge in [-0.15, -0.1) is 0 Å². The summed E-state index contributed by atoms with van der Waals surface area (Å²) < 4.78 is 13.2. The highest BCUT2D eigenvalue weighted by atomic mass is 19.1. The van der Waals surface area contributed by atoms with Gasteiger partial charge in [0, 0.05) is 30.2 Å². The van der Waals surface area contributed by atoms with Crippen molar-refractivity contribution >= 4 is 16.8 Å². The van der Waals surface area contributed by atoms with Crippen molar-refractivity contribution in [2.45, 2.75) is 13.8 Å². The van der Waals surface area contributed by atoms with Gasteiger partial charge < -0.3 is 9.88 Å². The Bertz CT molecular complexity index is 543. The average Bonchev–Trinajstić information content (AvgIpc) is 2.73. The number of aromatic amines is 1. The molecular weight excluding hydrogens is 219 g/mol. The number of aromatic nitrogens is 1. The maximum Gasteiger partial charge on any atom is 0.256 e. The normalized spacial score (nSPS) is 10.8. The van der Waals surface area contributed by atoms with E-state index in [2.05, 4.69) is 4.98 Å². The van der Waals surface area contributed by atoms with E-state index in [1.807, 2.05) is 13.8 Å². The van der Waals surface area contributed by atoms with Crippen LogP contribution in [-0.2, 0) is 0 Å². The van der Waals surface area contributed by atoms with Crippen LogP contribution in [0.5, 0.6) is 0 Å². The molecule has 0 aliphatic heterocycles. The molecule has 3 nitrogen and oxygen atoms in total. The molecule has 0 bridgehead atoms. The van der Waals surface area contributed by atoms with Gasteiger partial charge in [-0.3, -0.25) is 4.79 Å². The minimum Gasteiger partial charge on any atom is -0.360 e. The van der Waals surface area contributed by atoms with Crippen molar-refractivity contribution in [2.75, 3.05) is 13.1 Å². The van der Waals surface area contributed by atoms with Crippen molar-refractivity contribution in [1.29, 1.82) is 0 Å². The zero-order valence-electron chi connectivity index (χ0n) is 9.96. The van der Waals surface area contributed by atoms with Gasteiger partial charge in [-0.05, 0) is 32.0 Å². The summed E-state index contributed by atoms with van der Waals surface area (Å²) in [6.07, 6.45) is 1.64. The molecule has 0 aliphatic rings. The molecule has 2 aromatic rings. The van der Waals surface area contributed by atoms with Crippen LogP contribution in [0.15, 0.2) is 24.4 Å². The van der Waals surface area contributed by atoms with Crippen molar-refractivity contribution in [3.05, 3.63) is 35.8 Å². The van der Waals surface area contributed by atoms with Crippen LogP contribution in [0.4, 0.5) is 4.39 Å². The van der Waals surface area contributed by atoms with Gasteiger partial charge in [-0.2, -0.15) is 0 Å². The standard InChI is InChI=1S/C13H15FN2O/c1-3-16(4-2)13(17)11-8-15-12-6-5-9(14)7-10(11)12/h5-8,15H,3-4H2,1-2H3. The minimum atomic E-state index is -0.328. The molecule has 1 N–H and O–H groups in total. The number of hydrogen-bond donors (Lipinski definition) is 1. The second kappa shape index (κ2) is 4.57. The number of carbonyl (C=O) groups is 1. The number of H-pyrrole nitrogens is 1. The first kappa shape index (κ1) is 11.6. The number of hydrogen-bond acceptors (Lipinski definition) is 1. The highest BCUT2D eigenvalue weighted by molar-refractivity contribution is 6.06. The summed E-state index contributed by atoms with van der Waals surface area (Å²) in [6, 6.07) is 4.41. The lowest BCUT2D eigenvalue weighted by Gasteiger charge is -2.17. The predicted octanol–water partition coefficient (Wildman–Crippen LogP) is 2.79. The average molecular weight is 234 g/mol. The van der Waals surface area contributed by atoms with Crippen LogP contribution in [0.2, 0.25) is 0 Å². The molecule has 0 aliphatic carbocycles. The number of amides is 1. The van der Waals surface area contributed by atoms with Gasteiger partial charge in [0.25, 0.3) is 5.91 Å². The van der Waals surface area contributed by atoms with Gasteiger partial charge in [0.1, 0.15) is 5.82 Å². The molecular formula is C13H15FN2O. The Hall–Kier alpha value is -1.84. The fourth-order valence-electron chi connectivity index (χ4n) is 1.95. The molecule has 0 fully saturated rings. The highest BCUT2D eigenvalue weighted by Gasteiger charge is 2.16. The molecule has 4 heteroatoms. The van der Waals surface area contributed by atoms with Gasteiger partial charge in [-0.1, -0.05) is 0 Å². The Balaban J connectivity index is 2.48. The van der Waals surface area contributed by atoms with E-state index in [1.165, 1.54) is 12.1 Å². The molecule has 1 aromatic carbocycles. The van der Waals surface area contributed by atoms with Gasteiger partial charge in [0.05, 0.1) is 5.56 Å². The third-order valence-electron chi connectivity index (χ3n) is 2.92. The van der Waals surface area contributed by atoms with E-state index in [0.717, 1.165) is 5.52 Å². The molecule has 90 valence electrons. The monoisotopic (exact) mass is 234 g/mol. The highest BCUT2D eigenvalue weighted by Crippen LogP contribution is 2.20. The lowest BCUT2D eigenvalue weighted by atomic mass is 10.1. The SMILES string of the molecule is CCN(CC)C(=O)c1c[nH]c2ccc(F)cc12. The van der Waals surface area contributed by atoms with Crippen molar-refractivity contribution in [3.8, 4) is 0 Å². The van der Waals surface area contributed by atoms with Crippen molar-refractivity contribution in [1.82, 2.24) is 9.88 Å². The van der Waals surface area contributed by atoms with Crippen LogP contribution in [-0.4, -0.2) is 28.9 Å². The minimum absolute atomic E-state index is 0.0631. The molecule has 1 aromatic heterocycles. The summed E-state index contributed by atoms with van der Waals surface area (Å²) in [4.78, 5) is 16.9. The molecule has 1 amide bonds. The fourth-order valence-corrected chi connectivity index (χ4v) is 1.95. The molecule has 0 radical (unpaired) electrons. The number of carbonyl (C=O) groups excluding carboxylic acids is 1. The molecule has 0 spiro atoms. The lowest BCUT2D eigenvalue weighted by Crippen LogP contribution is -2.30. The predicted molar refractivity (Wildman–Crippen MR) is 65.5 cm³/mol. The number of halogens is 1. The van der Waals surface area contributed by atoms with Gasteiger partial charge in [0.15, 0.2) is 0 Å². The topological polar surface area (TPSA) is 36.1 Å². The molecule has 0 unspecified atom stereocenters. The van der Waals surface area contributed by atoms with Crippen LogP contribution in [0.3, 0.4) is 0 Å². The molecule has 0 saturated heterocycles. The molecule has 0 atom stereocenters. The summed E-state index contributed by atoms with van der Waals surface area (Å²) in [5.74, 6) is -0.391. The summed E-state index contributed by atoms with van der Waals surface area (Å²) in [6.45, 7) is 5.16. The molecule has 17 heavy (non-hydrogen) atoms. The first-order valence-electron chi connectivity index (χ1n) is 5.73. The van der Waals surface area contributed by atoms with E-state index in [1.54, 1.807) is 17.2 Å². The zero-order chi connectivity index (χ0) is 12.4. The van der Waals surface area contributed by atoms with Crippen LogP contribution < -0.4 is 0 Å². The third-order valence-corrected chi connectivity index (χ3v) is 2.92. The van der Waals surface area contributed by atoms with Gasteiger partial charge in [-0.25, -0.2) is 4.39 Å². The second-order valence-corrected chi connectivity index (χ2v) is 3.87. The Labute approximate surface area is 99.2 Å². The Morgan fingerprint density at radius 3 is 2.71 bits per heavy atom. The first-order chi connectivity index (χ1) is 8.17. The first-order valence-corrected chi connectivity index (χ1v) is 5.73. The van der Waals surface area contributed by atoms with E-state index in [4.69, 9.17) is 0 Å². The van der Waals surface area contributed by atoms with E-state index in [-0.39, 0.29) is 11.7 Å². The van der Waals surface area contributed by atoms with Crippen molar-refractivity contribution < 1.29 is 9.18 Å². The van der Waals surface area contributed by atoms with Crippen LogP contribution in [0, 0.1) is 5.82 Å². The van der Waals surface area contributed by atoms with Crippen LogP contribution >= 0.6 is 0 Å². The smallest absolute Gasteiger partial charge is 0.256 e.